The molecule has 1 rings (SSSR count). The smallest absolute Gasteiger partial charge is 0.161 e. The molecule has 0 amide bonds. The van der Waals surface area contributed by atoms with Crippen LogP contribution in [0, 0.1) is 5.92 Å². The van der Waals surface area contributed by atoms with Gasteiger partial charge in [0.2, 0.25) is 0 Å². The summed E-state index contributed by atoms with van der Waals surface area (Å²) in [5.41, 5.74) is 0.798. The lowest BCUT2D eigenvalue weighted by atomic mass is 9.98. The third kappa shape index (κ3) is 3.35. The van der Waals surface area contributed by atoms with Crippen LogP contribution in [0.25, 0.3) is 0 Å². The number of hydrogen-bond acceptors (Lipinski definition) is 4. The molecule has 2 atom stereocenters. The molecule has 0 fully saturated rings. The highest BCUT2D eigenvalue weighted by atomic mass is 16.5. The number of benzene rings is 1. The van der Waals surface area contributed by atoms with E-state index in [2.05, 4.69) is 0 Å². The van der Waals surface area contributed by atoms with Gasteiger partial charge < -0.3 is 19.3 Å². The summed E-state index contributed by atoms with van der Waals surface area (Å²) < 4.78 is 15.4. The van der Waals surface area contributed by atoms with Crippen LogP contribution < -0.4 is 9.47 Å². The second-order valence-corrected chi connectivity index (χ2v) is 3.99. The maximum absolute atomic E-state index is 10.1. The van der Waals surface area contributed by atoms with E-state index in [-0.39, 0.29) is 5.92 Å². The first-order valence-electron chi connectivity index (χ1n) is 5.53. The zero-order valence-electron chi connectivity index (χ0n) is 10.8. The molecule has 0 aliphatic rings. The van der Waals surface area contributed by atoms with Gasteiger partial charge in [0, 0.05) is 13.0 Å². The lowest BCUT2D eigenvalue weighted by Crippen LogP contribution is -2.14. The van der Waals surface area contributed by atoms with Crippen LogP contribution >= 0.6 is 0 Å². The van der Waals surface area contributed by atoms with E-state index in [1.54, 1.807) is 33.5 Å². The van der Waals surface area contributed by atoms with Crippen LogP contribution in [0.2, 0.25) is 0 Å². The topological polar surface area (TPSA) is 47.9 Å². The van der Waals surface area contributed by atoms with Crippen LogP contribution in [0.5, 0.6) is 11.5 Å². The van der Waals surface area contributed by atoms with E-state index in [1.165, 1.54) is 0 Å². The molecule has 0 saturated carbocycles. The Labute approximate surface area is 102 Å². The zero-order chi connectivity index (χ0) is 12.8. The van der Waals surface area contributed by atoms with Crippen LogP contribution in [0.1, 0.15) is 18.6 Å². The fourth-order valence-corrected chi connectivity index (χ4v) is 1.72. The Morgan fingerprint density at radius 2 is 1.76 bits per heavy atom. The average molecular weight is 240 g/mol. The van der Waals surface area contributed by atoms with E-state index < -0.39 is 6.10 Å². The van der Waals surface area contributed by atoms with Gasteiger partial charge in [-0.15, -0.1) is 0 Å². The van der Waals surface area contributed by atoms with Gasteiger partial charge in [-0.2, -0.15) is 0 Å². The van der Waals surface area contributed by atoms with Gasteiger partial charge in [-0.3, -0.25) is 0 Å². The molecule has 4 nitrogen and oxygen atoms in total. The molecule has 0 bridgehead atoms. The van der Waals surface area contributed by atoms with Crippen molar-refractivity contribution in [2.45, 2.75) is 13.0 Å². The summed E-state index contributed by atoms with van der Waals surface area (Å²) in [6.07, 6.45) is -0.574. The van der Waals surface area contributed by atoms with Crippen molar-refractivity contribution in [2.24, 2.45) is 5.92 Å². The minimum Gasteiger partial charge on any atom is -0.493 e. The normalized spacial score (nSPS) is 14.2. The van der Waals surface area contributed by atoms with Crippen molar-refractivity contribution in [1.29, 1.82) is 0 Å². The fourth-order valence-electron chi connectivity index (χ4n) is 1.72. The number of aliphatic hydroxyl groups excluding tert-OH is 1. The molecule has 0 aliphatic carbocycles. The molecule has 0 saturated heterocycles. The number of ether oxygens (including phenoxy) is 3. The minimum absolute atomic E-state index is 0.0260. The van der Waals surface area contributed by atoms with E-state index in [9.17, 15) is 5.11 Å². The molecule has 0 aromatic heterocycles. The molecule has 2 unspecified atom stereocenters. The van der Waals surface area contributed by atoms with Crippen LogP contribution in [-0.4, -0.2) is 33.0 Å². The summed E-state index contributed by atoms with van der Waals surface area (Å²) in [5.74, 6) is 1.30. The molecule has 4 heteroatoms. The second-order valence-electron chi connectivity index (χ2n) is 3.99. The van der Waals surface area contributed by atoms with Gasteiger partial charge in [-0.1, -0.05) is 13.0 Å². The Morgan fingerprint density at radius 3 is 2.29 bits per heavy atom. The van der Waals surface area contributed by atoms with Gasteiger partial charge in [0.1, 0.15) is 0 Å². The summed E-state index contributed by atoms with van der Waals surface area (Å²) in [5, 5.41) is 10.1. The lowest BCUT2D eigenvalue weighted by Gasteiger charge is -2.19. The Balaban J connectivity index is 2.91. The van der Waals surface area contributed by atoms with E-state index >= 15 is 0 Å². The van der Waals surface area contributed by atoms with Gasteiger partial charge in [0.25, 0.3) is 0 Å². The third-order valence-electron chi connectivity index (χ3n) is 2.72. The van der Waals surface area contributed by atoms with Crippen molar-refractivity contribution in [3.8, 4) is 11.5 Å². The Morgan fingerprint density at radius 1 is 1.12 bits per heavy atom. The fraction of sp³-hybridized carbons (Fsp3) is 0.538. The molecule has 1 N–H and O–H groups in total. The standard InChI is InChI=1S/C13H20O4/c1-9(8-15-2)13(14)10-5-6-11(16-3)12(7-10)17-4/h5-7,9,13-14H,8H2,1-4H3. The number of rotatable bonds is 6. The van der Waals surface area contributed by atoms with Crippen molar-refractivity contribution in [3.05, 3.63) is 23.8 Å². The zero-order valence-corrected chi connectivity index (χ0v) is 10.8. The number of hydrogen-bond donors (Lipinski definition) is 1. The summed E-state index contributed by atoms with van der Waals surface area (Å²) in [7, 11) is 4.78. The Bertz CT molecular complexity index is 351. The predicted molar refractivity (Wildman–Crippen MR) is 65.5 cm³/mol. The van der Waals surface area contributed by atoms with Crippen molar-refractivity contribution in [2.75, 3.05) is 27.9 Å². The van der Waals surface area contributed by atoms with Crippen LogP contribution in [-0.2, 0) is 4.74 Å². The first-order chi connectivity index (χ1) is 8.13. The van der Waals surface area contributed by atoms with Crippen molar-refractivity contribution < 1.29 is 19.3 Å². The van der Waals surface area contributed by atoms with Gasteiger partial charge in [-0.25, -0.2) is 0 Å². The quantitative estimate of drug-likeness (QED) is 0.826. The van der Waals surface area contributed by atoms with Gasteiger partial charge >= 0.3 is 0 Å². The highest BCUT2D eigenvalue weighted by molar-refractivity contribution is 5.43. The van der Waals surface area contributed by atoms with E-state index in [0.29, 0.717) is 18.1 Å². The predicted octanol–water partition coefficient (Wildman–Crippen LogP) is 2.02. The van der Waals surface area contributed by atoms with Gasteiger partial charge in [0.05, 0.1) is 26.9 Å². The SMILES string of the molecule is COCC(C)C(O)c1ccc(OC)c(OC)c1. The largest absolute Gasteiger partial charge is 0.493 e. The molecule has 0 spiro atoms. The van der Waals surface area contributed by atoms with Crippen molar-refractivity contribution in [1.82, 2.24) is 0 Å². The van der Waals surface area contributed by atoms with Gasteiger partial charge in [0.15, 0.2) is 11.5 Å². The van der Waals surface area contributed by atoms with Crippen molar-refractivity contribution in [3.63, 3.8) is 0 Å². The maximum atomic E-state index is 10.1. The third-order valence-corrected chi connectivity index (χ3v) is 2.72. The van der Waals surface area contributed by atoms with E-state index in [1.807, 2.05) is 13.0 Å². The van der Waals surface area contributed by atoms with Crippen molar-refractivity contribution >= 4 is 0 Å². The van der Waals surface area contributed by atoms with Crippen LogP contribution in [0.4, 0.5) is 0 Å². The van der Waals surface area contributed by atoms with Crippen LogP contribution in [0.3, 0.4) is 0 Å². The first-order valence-corrected chi connectivity index (χ1v) is 5.53. The number of aliphatic hydroxyl groups is 1. The molecule has 17 heavy (non-hydrogen) atoms. The molecule has 0 aliphatic heterocycles. The van der Waals surface area contributed by atoms with E-state index in [4.69, 9.17) is 14.2 Å². The first kappa shape index (κ1) is 13.8. The maximum Gasteiger partial charge on any atom is 0.161 e. The summed E-state index contributed by atoms with van der Waals surface area (Å²) in [6.45, 7) is 2.44. The minimum atomic E-state index is -0.574. The molecule has 0 heterocycles. The molecular weight excluding hydrogens is 220 g/mol. The molecule has 96 valence electrons. The summed E-state index contributed by atoms with van der Waals surface area (Å²) >= 11 is 0. The highest BCUT2D eigenvalue weighted by Gasteiger charge is 2.18. The molecule has 1 aromatic rings. The Hall–Kier alpha value is -1.26. The number of methoxy groups -OCH3 is 3. The monoisotopic (exact) mass is 240 g/mol. The van der Waals surface area contributed by atoms with Crippen LogP contribution in [0.15, 0.2) is 18.2 Å². The molecule has 1 aromatic carbocycles. The van der Waals surface area contributed by atoms with E-state index in [0.717, 1.165) is 5.56 Å². The van der Waals surface area contributed by atoms with Gasteiger partial charge in [-0.05, 0) is 17.7 Å². The highest BCUT2D eigenvalue weighted by Crippen LogP contribution is 2.32. The summed E-state index contributed by atoms with van der Waals surface area (Å²) in [6, 6.07) is 5.41. The lowest BCUT2D eigenvalue weighted by molar-refractivity contribution is 0.0565. The average Bonchev–Trinajstić information content (AvgIpc) is 2.37. The Kier molecular flexibility index (Phi) is 5.25. The molecule has 0 radical (unpaired) electrons. The summed E-state index contributed by atoms with van der Waals surface area (Å²) in [4.78, 5) is 0. The molecular formula is C13H20O4. The second kappa shape index (κ2) is 6.47.